The number of hydrazine groups is 1. The maximum atomic E-state index is 10.9. The fourth-order valence-corrected chi connectivity index (χ4v) is 2.84. The monoisotopic (exact) mass is 336 g/mol. The summed E-state index contributed by atoms with van der Waals surface area (Å²) in [5, 5.41) is 16.2. The number of fused-ring (bicyclic) bond motifs is 1. The number of rotatable bonds is 2. The molecule has 0 spiro atoms. The molecule has 0 saturated heterocycles. The number of hydrogen-bond acceptors (Lipinski definition) is 5. The van der Waals surface area contributed by atoms with Crippen molar-refractivity contribution in [1.29, 1.82) is 0 Å². The van der Waals surface area contributed by atoms with Crippen molar-refractivity contribution in [3.05, 3.63) is 62.5 Å². The minimum Gasteiger partial charge on any atom is -0.378 e. The van der Waals surface area contributed by atoms with Crippen LogP contribution < -0.4 is 10.7 Å². The zero-order valence-electron chi connectivity index (χ0n) is 10.8. The van der Waals surface area contributed by atoms with Gasteiger partial charge in [0, 0.05) is 24.5 Å². The molecule has 0 amide bonds. The normalized spacial score (nSPS) is 24.2. The molecular formula is C13H13BrN4O2. The summed E-state index contributed by atoms with van der Waals surface area (Å²) < 4.78 is 0.978. The predicted molar refractivity (Wildman–Crippen MR) is 78.5 cm³/mol. The minimum atomic E-state index is -0.395. The average Bonchev–Trinajstić information content (AvgIpc) is 2.79. The number of hydrogen-bond donors (Lipinski definition) is 2. The van der Waals surface area contributed by atoms with Crippen LogP contribution in [0.4, 0.5) is 5.69 Å². The Morgan fingerprint density at radius 3 is 3.00 bits per heavy atom. The molecule has 1 unspecified atom stereocenters. The van der Waals surface area contributed by atoms with E-state index in [0.717, 1.165) is 15.7 Å². The van der Waals surface area contributed by atoms with Crippen LogP contribution >= 0.6 is 15.9 Å². The minimum absolute atomic E-state index is 0.106. The zero-order chi connectivity index (χ0) is 14.3. The molecule has 0 radical (unpaired) electrons. The molecule has 2 heterocycles. The largest absolute Gasteiger partial charge is 0.378 e. The Morgan fingerprint density at radius 1 is 1.45 bits per heavy atom. The standard InChI is InChI=1S/C13H13BrN4O2/c1-13(9-3-2-4-10(5-9)18(19)20)8-17-12(7-15-13)11(14)6-16-17/h2-7,15-16H,8H2,1H3. The molecule has 104 valence electrons. The summed E-state index contributed by atoms with van der Waals surface area (Å²) in [4.78, 5) is 10.5. The van der Waals surface area contributed by atoms with Crippen LogP contribution in [-0.4, -0.2) is 16.5 Å². The number of halogens is 1. The van der Waals surface area contributed by atoms with E-state index in [4.69, 9.17) is 0 Å². The lowest BCUT2D eigenvalue weighted by molar-refractivity contribution is -0.385. The van der Waals surface area contributed by atoms with Crippen LogP contribution in [0.15, 0.2) is 46.8 Å². The summed E-state index contributed by atoms with van der Waals surface area (Å²) in [6.07, 6.45) is 3.77. The Hall–Kier alpha value is -2.02. The Labute approximate surface area is 124 Å². The number of non-ortho nitro benzene ring substituents is 1. The van der Waals surface area contributed by atoms with Gasteiger partial charge in [-0.25, -0.2) is 0 Å². The maximum absolute atomic E-state index is 10.9. The fraction of sp³-hybridized carbons (Fsp3) is 0.231. The van der Waals surface area contributed by atoms with E-state index >= 15 is 0 Å². The Bertz CT molecular complexity index is 643. The van der Waals surface area contributed by atoms with Gasteiger partial charge in [0.05, 0.1) is 27.2 Å². The third-order valence-electron chi connectivity index (χ3n) is 3.58. The second kappa shape index (κ2) is 4.52. The molecular weight excluding hydrogens is 324 g/mol. The van der Waals surface area contributed by atoms with Gasteiger partial charge in [-0.1, -0.05) is 12.1 Å². The third-order valence-corrected chi connectivity index (χ3v) is 4.21. The molecule has 1 aromatic carbocycles. The molecule has 2 aliphatic rings. The lowest BCUT2D eigenvalue weighted by atomic mass is 9.90. The first-order chi connectivity index (χ1) is 9.49. The van der Waals surface area contributed by atoms with Gasteiger partial charge in [-0.15, -0.1) is 0 Å². The van der Waals surface area contributed by atoms with E-state index in [0.29, 0.717) is 6.54 Å². The molecule has 0 fully saturated rings. The third kappa shape index (κ3) is 2.03. The van der Waals surface area contributed by atoms with Crippen molar-refractivity contribution in [2.24, 2.45) is 0 Å². The number of nitrogens with one attached hydrogen (secondary N) is 2. The van der Waals surface area contributed by atoms with Gasteiger partial charge < -0.3 is 10.7 Å². The van der Waals surface area contributed by atoms with Gasteiger partial charge in [0.25, 0.3) is 5.69 Å². The van der Waals surface area contributed by atoms with Crippen molar-refractivity contribution >= 4 is 21.6 Å². The second-order valence-electron chi connectivity index (χ2n) is 5.02. The average molecular weight is 337 g/mol. The number of nitro benzene ring substituents is 1. The zero-order valence-corrected chi connectivity index (χ0v) is 12.3. The maximum Gasteiger partial charge on any atom is 0.269 e. The second-order valence-corrected chi connectivity index (χ2v) is 5.88. The molecule has 1 atom stereocenters. The first-order valence-corrected chi connectivity index (χ1v) is 6.91. The van der Waals surface area contributed by atoms with Crippen molar-refractivity contribution in [1.82, 2.24) is 15.8 Å². The Morgan fingerprint density at radius 2 is 2.25 bits per heavy atom. The molecule has 1 aromatic rings. The van der Waals surface area contributed by atoms with Crippen LogP contribution in [0.2, 0.25) is 0 Å². The summed E-state index contributed by atoms with van der Waals surface area (Å²) >= 11 is 3.46. The highest BCUT2D eigenvalue weighted by Crippen LogP contribution is 2.33. The van der Waals surface area contributed by atoms with Gasteiger partial charge >= 0.3 is 0 Å². The highest BCUT2D eigenvalue weighted by molar-refractivity contribution is 9.12. The summed E-state index contributed by atoms with van der Waals surface area (Å²) in [5.41, 5.74) is 4.77. The molecule has 2 N–H and O–H groups in total. The number of allylic oxidation sites excluding steroid dienone is 1. The molecule has 0 aliphatic carbocycles. The summed E-state index contributed by atoms with van der Waals surface area (Å²) in [5.74, 6) is 0. The molecule has 0 saturated carbocycles. The first kappa shape index (κ1) is 13.0. The van der Waals surface area contributed by atoms with Crippen molar-refractivity contribution in [2.45, 2.75) is 12.5 Å². The highest BCUT2D eigenvalue weighted by Gasteiger charge is 2.35. The van der Waals surface area contributed by atoms with Crippen LogP contribution in [-0.2, 0) is 5.54 Å². The van der Waals surface area contributed by atoms with Gasteiger partial charge in [-0.3, -0.25) is 15.1 Å². The van der Waals surface area contributed by atoms with Gasteiger partial charge in [0.1, 0.15) is 0 Å². The van der Waals surface area contributed by atoms with Gasteiger partial charge in [0.2, 0.25) is 0 Å². The van der Waals surface area contributed by atoms with Gasteiger partial charge in [-0.2, -0.15) is 0 Å². The molecule has 2 aliphatic heterocycles. The number of nitro groups is 1. The molecule has 3 rings (SSSR count). The SMILES string of the molecule is CC1(c2cccc([N+](=O)[O-])c2)CN2NC=C(Br)C2=CN1. The van der Waals surface area contributed by atoms with Crippen molar-refractivity contribution < 1.29 is 4.92 Å². The summed E-state index contributed by atoms with van der Waals surface area (Å²) in [7, 11) is 0. The predicted octanol–water partition coefficient (Wildman–Crippen LogP) is 2.31. The van der Waals surface area contributed by atoms with Crippen LogP contribution in [0, 0.1) is 10.1 Å². The molecule has 20 heavy (non-hydrogen) atoms. The van der Waals surface area contributed by atoms with Crippen LogP contribution in [0.1, 0.15) is 12.5 Å². The summed E-state index contributed by atoms with van der Waals surface area (Å²) in [6.45, 7) is 2.68. The van der Waals surface area contributed by atoms with Gasteiger partial charge in [0.15, 0.2) is 0 Å². The molecule has 6 nitrogen and oxygen atoms in total. The van der Waals surface area contributed by atoms with Crippen LogP contribution in [0.5, 0.6) is 0 Å². The molecule has 7 heteroatoms. The van der Waals surface area contributed by atoms with Crippen molar-refractivity contribution in [3.63, 3.8) is 0 Å². The van der Waals surface area contributed by atoms with Gasteiger partial charge in [-0.05, 0) is 28.4 Å². The van der Waals surface area contributed by atoms with E-state index < -0.39 is 5.54 Å². The summed E-state index contributed by atoms with van der Waals surface area (Å²) in [6, 6.07) is 6.73. The number of nitrogens with zero attached hydrogens (tertiary/aromatic N) is 2. The van der Waals surface area contributed by atoms with E-state index in [-0.39, 0.29) is 10.6 Å². The van der Waals surface area contributed by atoms with E-state index in [1.807, 2.05) is 30.4 Å². The number of benzene rings is 1. The fourth-order valence-electron chi connectivity index (χ4n) is 2.41. The quantitative estimate of drug-likeness (QED) is 0.640. The Kier molecular flexibility index (Phi) is 2.93. The van der Waals surface area contributed by atoms with E-state index in [1.165, 1.54) is 6.07 Å². The first-order valence-electron chi connectivity index (χ1n) is 6.12. The van der Waals surface area contributed by atoms with E-state index in [1.54, 1.807) is 12.1 Å². The lowest BCUT2D eigenvalue weighted by Gasteiger charge is -2.40. The topological polar surface area (TPSA) is 70.4 Å². The van der Waals surface area contributed by atoms with Crippen LogP contribution in [0.25, 0.3) is 0 Å². The molecule has 0 aromatic heterocycles. The highest BCUT2D eigenvalue weighted by atomic mass is 79.9. The van der Waals surface area contributed by atoms with Crippen LogP contribution in [0.3, 0.4) is 0 Å². The lowest BCUT2D eigenvalue weighted by Crippen LogP contribution is -2.52. The van der Waals surface area contributed by atoms with Crippen molar-refractivity contribution in [3.8, 4) is 0 Å². The van der Waals surface area contributed by atoms with Crippen molar-refractivity contribution in [2.75, 3.05) is 6.54 Å². The Balaban J connectivity index is 1.93. The smallest absolute Gasteiger partial charge is 0.269 e. The molecule has 0 bridgehead atoms. The van der Waals surface area contributed by atoms with E-state index in [9.17, 15) is 10.1 Å². The van der Waals surface area contributed by atoms with E-state index in [2.05, 4.69) is 26.7 Å².